The minimum atomic E-state index is -0.369. The van der Waals surface area contributed by atoms with Crippen LogP contribution in [0.2, 0.25) is 0 Å². The highest BCUT2D eigenvalue weighted by molar-refractivity contribution is 6.01. The highest BCUT2D eigenvalue weighted by Gasteiger charge is 2.21. The minimum Gasteiger partial charge on any atom is -0.494 e. The molecule has 2 atom stereocenters. The quantitative estimate of drug-likeness (QED) is 0.621. The van der Waals surface area contributed by atoms with Gasteiger partial charge in [0.15, 0.2) is 0 Å². The van der Waals surface area contributed by atoms with Gasteiger partial charge in [-0.3, -0.25) is 4.79 Å². The average Bonchev–Trinajstić information content (AvgIpc) is 2.59. The van der Waals surface area contributed by atoms with Crippen LogP contribution >= 0.6 is 0 Å². The van der Waals surface area contributed by atoms with Crippen LogP contribution in [-0.2, 0) is 4.79 Å². The number of ether oxygens (including phenoxy) is 1. The first-order valence-corrected chi connectivity index (χ1v) is 8.43. The predicted octanol–water partition coefficient (Wildman–Crippen LogP) is 2.66. The first-order chi connectivity index (χ1) is 11.6. The molecule has 2 unspecified atom stereocenters. The van der Waals surface area contributed by atoms with Gasteiger partial charge in [-0.25, -0.2) is 0 Å². The van der Waals surface area contributed by atoms with E-state index in [2.05, 4.69) is 5.32 Å². The topological polar surface area (TPSA) is 82.3 Å². The first-order valence-electron chi connectivity index (χ1n) is 8.43. The number of nitrogens with zero attached hydrogens (tertiary/aromatic N) is 1. The highest BCUT2D eigenvalue weighted by atomic mass is 16.5. The number of hydrogen-bond acceptors (Lipinski definition) is 4. The third-order valence-corrected chi connectivity index (χ3v) is 4.17. The van der Waals surface area contributed by atoms with Crippen LogP contribution in [0.25, 0.3) is 6.08 Å². The molecule has 0 spiro atoms. The van der Waals surface area contributed by atoms with E-state index in [1.165, 1.54) is 0 Å². The summed E-state index contributed by atoms with van der Waals surface area (Å²) in [5, 5.41) is 21.7. The molecule has 1 saturated carbocycles. The third-order valence-electron chi connectivity index (χ3n) is 4.17. The number of amides is 1. The van der Waals surface area contributed by atoms with E-state index in [0.717, 1.165) is 30.6 Å². The number of benzene rings is 1. The molecule has 5 heteroatoms. The van der Waals surface area contributed by atoms with Crippen LogP contribution < -0.4 is 10.1 Å². The summed E-state index contributed by atoms with van der Waals surface area (Å²) in [4.78, 5) is 12.2. The Balaban J connectivity index is 1.94. The SMILES string of the molecule is CCOc1ccc(C=C(C#N)C(=O)NCC2CCCC(O)C2)cc1. The molecule has 0 aromatic heterocycles. The number of aliphatic hydroxyl groups is 1. The molecule has 0 saturated heterocycles. The van der Waals surface area contributed by atoms with Crippen LogP contribution in [0.15, 0.2) is 29.8 Å². The van der Waals surface area contributed by atoms with E-state index < -0.39 is 0 Å². The van der Waals surface area contributed by atoms with Crippen LogP contribution in [0.1, 0.15) is 38.2 Å². The molecule has 0 bridgehead atoms. The zero-order valence-corrected chi connectivity index (χ0v) is 14.0. The van der Waals surface area contributed by atoms with E-state index in [1.54, 1.807) is 6.08 Å². The van der Waals surface area contributed by atoms with E-state index in [0.29, 0.717) is 19.6 Å². The molecule has 1 aromatic carbocycles. The minimum absolute atomic E-state index is 0.0792. The summed E-state index contributed by atoms with van der Waals surface area (Å²) in [6.45, 7) is 3.01. The Morgan fingerprint density at radius 1 is 1.42 bits per heavy atom. The summed E-state index contributed by atoms with van der Waals surface area (Å²) >= 11 is 0. The molecule has 0 radical (unpaired) electrons. The Bertz CT molecular complexity index is 616. The summed E-state index contributed by atoms with van der Waals surface area (Å²) in [7, 11) is 0. The number of nitrogens with one attached hydrogen (secondary N) is 1. The maximum Gasteiger partial charge on any atom is 0.261 e. The van der Waals surface area contributed by atoms with Crippen molar-refractivity contribution in [2.24, 2.45) is 5.92 Å². The van der Waals surface area contributed by atoms with Gasteiger partial charge in [-0.1, -0.05) is 18.6 Å². The van der Waals surface area contributed by atoms with E-state index in [1.807, 2.05) is 37.3 Å². The molecule has 1 fully saturated rings. The van der Waals surface area contributed by atoms with Crippen LogP contribution in [-0.4, -0.2) is 30.3 Å². The van der Waals surface area contributed by atoms with Crippen molar-refractivity contribution < 1.29 is 14.6 Å². The van der Waals surface area contributed by atoms with E-state index >= 15 is 0 Å². The van der Waals surface area contributed by atoms with Crippen molar-refractivity contribution in [2.75, 3.05) is 13.2 Å². The van der Waals surface area contributed by atoms with E-state index in [-0.39, 0.29) is 23.5 Å². The Kier molecular flexibility index (Phi) is 6.83. The number of nitriles is 1. The van der Waals surface area contributed by atoms with Crippen LogP contribution in [0.4, 0.5) is 0 Å². The Morgan fingerprint density at radius 2 is 2.17 bits per heavy atom. The van der Waals surface area contributed by atoms with Gasteiger partial charge in [-0.2, -0.15) is 5.26 Å². The van der Waals surface area contributed by atoms with E-state index in [4.69, 9.17) is 4.74 Å². The van der Waals surface area contributed by atoms with Crippen LogP contribution in [0, 0.1) is 17.2 Å². The maximum absolute atomic E-state index is 12.2. The molecule has 1 amide bonds. The standard InChI is InChI=1S/C19H24N2O3/c1-2-24-18-8-6-14(7-9-18)10-16(12-20)19(23)21-13-15-4-3-5-17(22)11-15/h6-10,15,17,22H,2-5,11,13H2,1H3,(H,21,23). The summed E-state index contributed by atoms with van der Waals surface area (Å²) in [5.41, 5.74) is 0.855. The van der Waals surface area contributed by atoms with Gasteiger partial charge >= 0.3 is 0 Å². The monoisotopic (exact) mass is 328 g/mol. The van der Waals surface area contributed by atoms with Gasteiger partial charge in [-0.05, 0) is 55.9 Å². The largest absolute Gasteiger partial charge is 0.494 e. The fourth-order valence-electron chi connectivity index (χ4n) is 2.92. The predicted molar refractivity (Wildman–Crippen MR) is 92.2 cm³/mol. The smallest absolute Gasteiger partial charge is 0.261 e. The molecule has 1 aliphatic rings. The van der Waals surface area contributed by atoms with Crippen molar-refractivity contribution in [2.45, 2.75) is 38.7 Å². The molecule has 1 aliphatic carbocycles. The fourth-order valence-corrected chi connectivity index (χ4v) is 2.92. The van der Waals surface area contributed by atoms with Crippen molar-refractivity contribution >= 4 is 12.0 Å². The van der Waals surface area contributed by atoms with Gasteiger partial charge in [0.1, 0.15) is 17.4 Å². The van der Waals surface area contributed by atoms with Gasteiger partial charge in [0.2, 0.25) is 0 Å². The molecule has 24 heavy (non-hydrogen) atoms. The van der Waals surface area contributed by atoms with Crippen molar-refractivity contribution in [3.8, 4) is 11.8 Å². The average molecular weight is 328 g/mol. The molecule has 128 valence electrons. The lowest BCUT2D eigenvalue weighted by atomic mass is 9.87. The summed E-state index contributed by atoms with van der Waals surface area (Å²) in [6, 6.07) is 9.20. The lowest BCUT2D eigenvalue weighted by Gasteiger charge is -2.25. The van der Waals surface area contributed by atoms with Gasteiger partial charge in [-0.15, -0.1) is 0 Å². The lowest BCUT2D eigenvalue weighted by Crippen LogP contribution is -2.33. The van der Waals surface area contributed by atoms with Gasteiger partial charge < -0.3 is 15.2 Å². The van der Waals surface area contributed by atoms with Crippen molar-refractivity contribution in [3.05, 3.63) is 35.4 Å². The molecule has 5 nitrogen and oxygen atoms in total. The summed E-state index contributed by atoms with van der Waals surface area (Å²) in [5.74, 6) is 0.669. The van der Waals surface area contributed by atoms with Crippen molar-refractivity contribution in [3.63, 3.8) is 0 Å². The number of rotatable bonds is 6. The zero-order chi connectivity index (χ0) is 17.4. The van der Waals surface area contributed by atoms with Crippen LogP contribution in [0.5, 0.6) is 5.75 Å². The molecule has 0 heterocycles. The van der Waals surface area contributed by atoms with Gasteiger partial charge in [0.25, 0.3) is 5.91 Å². The molecule has 2 rings (SSSR count). The lowest BCUT2D eigenvalue weighted by molar-refractivity contribution is -0.117. The van der Waals surface area contributed by atoms with Crippen molar-refractivity contribution in [1.82, 2.24) is 5.32 Å². The second kappa shape index (κ2) is 9.09. The van der Waals surface area contributed by atoms with Crippen molar-refractivity contribution in [1.29, 1.82) is 5.26 Å². The maximum atomic E-state index is 12.2. The molecule has 0 aliphatic heterocycles. The number of carbonyl (C=O) groups is 1. The molecular formula is C19H24N2O3. The van der Waals surface area contributed by atoms with E-state index in [9.17, 15) is 15.2 Å². The Hall–Kier alpha value is -2.32. The van der Waals surface area contributed by atoms with Gasteiger partial charge in [0, 0.05) is 6.54 Å². The summed E-state index contributed by atoms with van der Waals surface area (Å²) in [6.07, 6.45) is 4.84. The number of carbonyl (C=O) groups excluding carboxylic acids is 1. The second-order valence-corrected chi connectivity index (χ2v) is 6.07. The number of hydrogen-bond donors (Lipinski definition) is 2. The summed E-state index contributed by atoms with van der Waals surface area (Å²) < 4.78 is 5.37. The molecule has 1 aromatic rings. The molecule has 2 N–H and O–H groups in total. The highest BCUT2D eigenvalue weighted by Crippen LogP contribution is 2.23. The zero-order valence-electron chi connectivity index (χ0n) is 14.0. The first kappa shape index (κ1) is 18.0. The molecular weight excluding hydrogens is 304 g/mol. The van der Waals surface area contributed by atoms with Crippen LogP contribution in [0.3, 0.4) is 0 Å². The van der Waals surface area contributed by atoms with Gasteiger partial charge in [0.05, 0.1) is 12.7 Å². The Morgan fingerprint density at radius 3 is 2.79 bits per heavy atom. The second-order valence-electron chi connectivity index (χ2n) is 6.07. The third kappa shape index (κ3) is 5.39. The Labute approximate surface area is 142 Å². The number of aliphatic hydroxyl groups excluding tert-OH is 1. The fraction of sp³-hybridized carbons (Fsp3) is 0.474. The normalized spacial score (nSPS) is 21.0.